The normalized spacial score (nSPS) is 15.0. The molecule has 0 bridgehead atoms. The van der Waals surface area contributed by atoms with Crippen LogP contribution in [0.25, 0.3) is 0 Å². The Kier molecular flexibility index (Phi) is 11.9. The fourth-order valence-corrected chi connectivity index (χ4v) is 6.19. The van der Waals surface area contributed by atoms with Gasteiger partial charge in [0.1, 0.15) is 11.6 Å². The number of halogens is 4. The van der Waals surface area contributed by atoms with Crippen molar-refractivity contribution in [2.45, 2.75) is 37.6 Å². The molecule has 1 saturated heterocycles. The molecular formula is C32H37Cl2F2N5O2. The molecule has 3 aromatic rings. The van der Waals surface area contributed by atoms with Crippen molar-refractivity contribution in [2.24, 2.45) is 11.5 Å². The Balaban J connectivity index is 1.29. The van der Waals surface area contributed by atoms with Crippen molar-refractivity contribution in [3.63, 3.8) is 0 Å². The number of unbranched alkanes of at least 4 members (excludes halogenated alkanes) is 1. The van der Waals surface area contributed by atoms with Crippen molar-refractivity contribution in [3.8, 4) is 0 Å². The predicted molar refractivity (Wildman–Crippen MR) is 167 cm³/mol. The lowest BCUT2D eigenvalue weighted by Crippen LogP contribution is -2.58. The molecule has 0 aromatic heterocycles. The molecule has 5 N–H and O–H groups in total. The van der Waals surface area contributed by atoms with Crippen LogP contribution in [0, 0.1) is 11.6 Å². The molecule has 0 aliphatic carbocycles. The first kappa shape index (κ1) is 32.8. The predicted octanol–water partition coefficient (Wildman–Crippen LogP) is 5.19. The van der Waals surface area contributed by atoms with Crippen LogP contribution in [0.5, 0.6) is 0 Å². The minimum atomic E-state index is -1.16. The van der Waals surface area contributed by atoms with Crippen molar-refractivity contribution in [3.05, 3.63) is 99.0 Å². The van der Waals surface area contributed by atoms with Crippen molar-refractivity contribution in [2.75, 3.05) is 44.6 Å². The zero-order chi connectivity index (χ0) is 30.9. The van der Waals surface area contributed by atoms with Crippen LogP contribution in [0.1, 0.15) is 41.9 Å². The summed E-state index contributed by atoms with van der Waals surface area (Å²) < 4.78 is 27.1. The number of amides is 2. The van der Waals surface area contributed by atoms with Gasteiger partial charge in [0, 0.05) is 32.1 Å². The van der Waals surface area contributed by atoms with Gasteiger partial charge in [0.15, 0.2) is 6.04 Å². The summed E-state index contributed by atoms with van der Waals surface area (Å²) in [6.45, 7) is 3.61. The standard InChI is InChI=1S/C32H37Cl2F2N5O2/c33-27-19-21(12-13-37)20-28(34)29(27)39-32(43)30(31(38)42)41-17-15-40(16-18-41)14-2-1-3-26(22-4-8-24(35)9-5-22)23-6-10-25(36)11-7-23/h4-11,19-20,26,30H,1-3,12-18,37H2,(H2,38,42)(H,39,43). The largest absolute Gasteiger partial charge is 0.368 e. The average Bonchev–Trinajstić information content (AvgIpc) is 2.97. The first-order chi connectivity index (χ1) is 20.7. The SMILES string of the molecule is NCCc1cc(Cl)c(NC(=O)C(C(N)=O)N2CCN(CCCCC(c3ccc(F)cc3)c3ccc(F)cc3)CC2)c(Cl)c1. The number of anilines is 1. The number of nitrogens with one attached hydrogen (secondary N) is 1. The van der Waals surface area contributed by atoms with Crippen LogP contribution >= 0.6 is 23.2 Å². The molecule has 1 heterocycles. The molecule has 230 valence electrons. The van der Waals surface area contributed by atoms with Gasteiger partial charge < -0.3 is 21.7 Å². The molecule has 3 aromatic carbocycles. The Bertz CT molecular complexity index is 1320. The van der Waals surface area contributed by atoms with Crippen molar-refractivity contribution in [1.82, 2.24) is 9.80 Å². The number of nitrogens with zero attached hydrogens (tertiary/aromatic N) is 2. The third-order valence-corrected chi connectivity index (χ3v) is 8.43. The average molecular weight is 633 g/mol. The lowest BCUT2D eigenvalue weighted by molar-refractivity contribution is -0.133. The lowest BCUT2D eigenvalue weighted by Gasteiger charge is -2.37. The van der Waals surface area contributed by atoms with E-state index in [9.17, 15) is 18.4 Å². The second kappa shape index (κ2) is 15.6. The zero-order valence-electron chi connectivity index (χ0n) is 23.9. The van der Waals surface area contributed by atoms with Gasteiger partial charge in [-0.05, 0) is 85.4 Å². The first-order valence-corrected chi connectivity index (χ1v) is 15.2. The minimum absolute atomic E-state index is 0.0340. The van der Waals surface area contributed by atoms with E-state index in [1.54, 1.807) is 41.3 Å². The monoisotopic (exact) mass is 631 g/mol. The van der Waals surface area contributed by atoms with Crippen LogP contribution in [0.15, 0.2) is 60.7 Å². The van der Waals surface area contributed by atoms with E-state index >= 15 is 0 Å². The van der Waals surface area contributed by atoms with E-state index in [1.165, 1.54) is 24.3 Å². The fraction of sp³-hybridized carbons (Fsp3) is 0.375. The van der Waals surface area contributed by atoms with Crippen LogP contribution in [-0.4, -0.2) is 66.9 Å². The Morgan fingerprint density at radius 1 is 0.860 bits per heavy atom. The molecule has 11 heteroatoms. The van der Waals surface area contributed by atoms with Gasteiger partial charge >= 0.3 is 0 Å². The molecule has 1 aliphatic rings. The number of piperazine rings is 1. The maximum absolute atomic E-state index is 13.5. The molecule has 43 heavy (non-hydrogen) atoms. The number of rotatable bonds is 13. The summed E-state index contributed by atoms with van der Waals surface area (Å²) in [5.74, 6) is -1.87. The number of hydrogen-bond acceptors (Lipinski definition) is 5. The van der Waals surface area contributed by atoms with Gasteiger partial charge in [-0.2, -0.15) is 0 Å². The van der Waals surface area contributed by atoms with E-state index in [0.717, 1.165) is 42.5 Å². The Morgan fingerprint density at radius 3 is 1.88 bits per heavy atom. The summed E-state index contributed by atoms with van der Waals surface area (Å²) in [6, 6.07) is 15.2. The summed E-state index contributed by atoms with van der Waals surface area (Å²) in [4.78, 5) is 29.6. The molecule has 1 aliphatic heterocycles. The molecule has 0 saturated carbocycles. The molecule has 4 rings (SSSR count). The topological polar surface area (TPSA) is 105 Å². The smallest absolute Gasteiger partial charge is 0.251 e. The second-order valence-electron chi connectivity index (χ2n) is 10.8. The molecule has 7 nitrogen and oxygen atoms in total. The summed E-state index contributed by atoms with van der Waals surface area (Å²) >= 11 is 12.7. The fourth-order valence-electron chi connectivity index (χ4n) is 5.57. The molecule has 1 atom stereocenters. The number of hydrogen-bond donors (Lipinski definition) is 3. The molecule has 1 unspecified atom stereocenters. The minimum Gasteiger partial charge on any atom is -0.368 e. The highest BCUT2D eigenvalue weighted by Gasteiger charge is 2.34. The van der Waals surface area contributed by atoms with E-state index in [1.807, 2.05) is 0 Å². The Morgan fingerprint density at radius 2 is 1.40 bits per heavy atom. The maximum atomic E-state index is 13.5. The first-order valence-electron chi connectivity index (χ1n) is 14.4. The van der Waals surface area contributed by atoms with E-state index in [4.69, 9.17) is 34.7 Å². The summed E-state index contributed by atoms with van der Waals surface area (Å²) in [7, 11) is 0. The highest BCUT2D eigenvalue weighted by molar-refractivity contribution is 6.40. The highest BCUT2D eigenvalue weighted by Crippen LogP contribution is 2.33. The Labute approximate surface area is 261 Å². The van der Waals surface area contributed by atoms with Crippen LogP contribution in [0.4, 0.5) is 14.5 Å². The van der Waals surface area contributed by atoms with Gasteiger partial charge in [-0.1, -0.05) is 53.9 Å². The number of benzene rings is 3. The third kappa shape index (κ3) is 8.97. The summed E-state index contributed by atoms with van der Waals surface area (Å²) in [5, 5.41) is 3.22. The van der Waals surface area contributed by atoms with Crippen LogP contribution in [-0.2, 0) is 16.0 Å². The molecule has 0 radical (unpaired) electrons. The van der Waals surface area contributed by atoms with Gasteiger partial charge in [-0.25, -0.2) is 8.78 Å². The van der Waals surface area contributed by atoms with Crippen molar-refractivity contribution in [1.29, 1.82) is 0 Å². The van der Waals surface area contributed by atoms with E-state index in [-0.39, 0.29) is 33.3 Å². The zero-order valence-corrected chi connectivity index (χ0v) is 25.4. The van der Waals surface area contributed by atoms with Gasteiger partial charge in [0.25, 0.3) is 5.91 Å². The number of nitrogens with two attached hydrogens (primary N) is 2. The van der Waals surface area contributed by atoms with Crippen molar-refractivity contribution < 1.29 is 18.4 Å². The van der Waals surface area contributed by atoms with Crippen LogP contribution in [0.2, 0.25) is 10.0 Å². The number of primary amides is 1. The van der Waals surface area contributed by atoms with E-state index in [0.29, 0.717) is 39.1 Å². The van der Waals surface area contributed by atoms with Crippen LogP contribution in [0.3, 0.4) is 0 Å². The number of carbonyl (C=O) groups excluding carboxylic acids is 2. The summed E-state index contributed by atoms with van der Waals surface area (Å²) in [5.41, 5.74) is 14.3. The number of carbonyl (C=O) groups is 2. The van der Waals surface area contributed by atoms with Gasteiger partial charge in [-0.3, -0.25) is 14.5 Å². The molecule has 1 fully saturated rings. The molecular weight excluding hydrogens is 595 g/mol. The Hall–Kier alpha value is -3.08. The van der Waals surface area contributed by atoms with Crippen molar-refractivity contribution >= 4 is 40.7 Å². The molecule has 2 amide bonds. The molecule has 0 spiro atoms. The lowest BCUT2D eigenvalue weighted by atomic mass is 9.87. The van der Waals surface area contributed by atoms with Gasteiger partial charge in [0.2, 0.25) is 5.91 Å². The van der Waals surface area contributed by atoms with E-state index in [2.05, 4.69) is 10.2 Å². The highest BCUT2D eigenvalue weighted by atomic mass is 35.5. The summed E-state index contributed by atoms with van der Waals surface area (Å²) in [6.07, 6.45) is 3.26. The second-order valence-corrected chi connectivity index (χ2v) is 11.6. The quantitative estimate of drug-likeness (QED) is 0.178. The van der Waals surface area contributed by atoms with E-state index < -0.39 is 17.9 Å². The van der Waals surface area contributed by atoms with Gasteiger partial charge in [0.05, 0.1) is 15.7 Å². The van der Waals surface area contributed by atoms with Crippen LogP contribution < -0.4 is 16.8 Å². The van der Waals surface area contributed by atoms with Gasteiger partial charge in [-0.15, -0.1) is 0 Å². The maximum Gasteiger partial charge on any atom is 0.251 e. The third-order valence-electron chi connectivity index (χ3n) is 7.83.